The molecule has 0 radical (unpaired) electrons. The number of fused-ring (bicyclic) bond motifs is 1. The Bertz CT molecular complexity index is 803. The van der Waals surface area contributed by atoms with Crippen molar-refractivity contribution < 1.29 is 24.2 Å². The second-order valence-electron chi connectivity index (χ2n) is 5.85. The van der Waals surface area contributed by atoms with Crippen LogP contribution in [0.1, 0.15) is 34.9 Å². The average molecular weight is 367 g/mol. The summed E-state index contributed by atoms with van der Waals surface area (Å²) in [5.74, 6) is -0.938. The first-order valence-electron chi connectivity index (χ1n) is 7.66. The molecule has 0 saturated carbocycles. The highest BCUT2D eigenvalue weighted by Gasteiger charge is 2.27. The van der Waals surface area contributed by atoms with Crippen LogP contribution in [0.25, 0.3) is 10.2 Å². The van der Waals surface area contributed by atoms with Gasteiger partial charge in [-0.15, -0.1) is 11.3 Å². The minimum atomic E-state index is -1.07. The molecule has 1 atom stereocenters. The third-order valence-corrected chi connectivity index (χ3v) is 4.88. The van der Waals surface area contributed by atoms with E-state index in [4.69, 9.17) is 9.47 Å². The molecule has 136 valence electrons. The van der Waals surface area contributed by atoms with E-state index in [9.17, 15) is 14.7 Å². The molecule has 0 saturated heterocycles. The van der Waals surface area contributed by atoms with Crippen molar-refractivity contribution in [3.63, 3.8) is 0 Å². The van der Waals surface area contributed by atoms with Crippen LogP contribution >= 0.6 is 11.3 Å². The molecule has 0 aliphatic carbocycles. The van der Waals surface area contributed by atoms with Crippen molar-refractivity contribution in [3.05, 3.63) is 16.3 Å². The molecule has 0 bridgehead atoms. The largest absolute Gasteiger partial charge is 0.480 e. The van der Waals surface area contributed by atoms with Gasteiger partial charge in [-0.3, -0.25) is 4.79 Å². The molecular weight excluding hydrogens is 346 g/mol. The van der Waals surface area contributed by atoms with Gasteiger partial charge in [0.2, 0.25) is 5.88 Å². The highest BCUT2D eigenvalue weighted by atomic mass is 32.1. The van der Waals surface area contributed by atoms with Gasteiger partial charge in [0.05, 0.1) is 17.4 Å². The number of aliphatic carboxylic acids is 1. The van der Waals surface area contributed by atoms with Crippen molar-refractivity contribution in [2.24, 2.45) is 5.92 Å². The molecular formula is C16H21N3O5S. The van der Waals surface area contributed by atoms with Crippen LogP contribution in [0, 0.1) is 12.8 Å². The predicted molar refractivity (Wildman–Crippen MR) is 93.1 cm³/mol. The summed E-state index contributed by atoms with van der Waals surface area (Å²) in [6.45, 7) is 5.46. The van der Waals surface area contributed by atoms with Crippen LogP contribution < -0.4 is 10.1 Å². The zero-order valence-corrected chi connectivity index (χ0v) is 15.6. The van der Waals surface area contributed by atoms with Gasteiger partial charge in [0.25, 0.3) is 5.91 Å². The third kappa shape index (κ3) is 3.88. The van der Waals surface area contributed by atoms with Crippen molar-refractivity contribution >= 4 is 33.4 Å². The number of carbonyl (C=O) groups excluding carboxylic acids is 1. The number of nitrogens with zero attached hydrogens (tertiary/aromatic N) is 2. The first kappa shape index (κ1) is 19.1. The van der Waals surface area contributed by atoms with Crippen LogP contribution in [0.2, 0.25) is 0 Å². The lowest BCUT2D eigenvalue weighted by atomic mass is 10.0. The minimum Gasteiger partial charge on any atom is -0.480 e. The highest BCUT2D eigenvalue weighted by Crippen LogP contribution is 2.35. The van der Waals surface area contributed by atoms with Gasteiger partial charge in [-0.2, -0.15) is 4.98 Å². The van der Waals surface area contributed by atoms with Gasteiger partial charge in [0.1, 0.15) is 17.5 Å². The molecule has 0 fully saturated rings. The molecule has 2 heterocycles. The SMILES string of the molecule is COCc1nc(OC)c2c(C)c(C(=O)N[C@H](C(=O)O)C(C)C)sc2n1. The maximum atomic E-state index is 12.6. The number of rotatable bonds is 7. The fourth-order valence-corrected chi connectivity index (χ4v) is 3.52. The van der Waals surface area contributed by atoms with Gasteiger partial charge in [-0.05, 0) is 18.4 Å². The molecule has 8 nitrogen and oxygen atoms in total. The Balaban J connectivity index is 2.46. The topological polar surface area (TPSA) is 111 Å². The molecule has 2 rings (SSSR count). The summed E-state index contributed by atoms with van der Waals surface area (Å²) in [5.41, 5.74) is 0.659. The lowest BCUT2D eigenvalue weighted by Gasteiger charge is -2.17. The summed E-state index contributed by atoms with van der Waals surface area (Å²) in [7, 11) is 3.03. The highest BCUT2D eigenvalue weighted by molar-refractivity contribution is 7.20. The number of aromatic nitrogens is 2. The fraction of sp³-hybridized carbons (Fsp3) is 0.500. The quantitative estimate of drug-likeness (QED) is 0.770. The number of methoxy groups -OCH3 is 2. The molecule has 0 aliphatic rings. The minimum absolute atomic E-state index is 0.221. The lowest BCUT2D eigenvalue weighted by Crippen LogP contribution is -2.44. The molecule has 2 aromatic heterocycles. The normalized spacial score (nSPS) is 12.4. The van der Waals surface area contributed by atoms with E-state index < -0.39 is 17.9 Å². The Hall–Kier alpha value is -2.26. The van der Waals surface area contributed by atoms with Gasteiger partial charge in [-0.25, -0.2) is 9.78 Å². The number of nitrogens with one attached hydrogen (secondary N) is 1. The van der Waals surface area contributed by atoms with Gasteiger partial charge < -0.3 is 19.9 Å². The molecule has 9 heteroatoms. The van der Waals surface area contributed by atoms with Gasteiger partial charge in [-0.1, -0.05) is 13.8 Å². The standard InChI is InChI=1S/C16H21N3O5S/c1-7(2)11(16(21)22)19-13(20)12-8(3)10-14(24-5)17-9(6-23-4)18-15(10)25-12/h7,11H,6H2,1-5H3,(H,19,20)(H,21,22)/t11-/m0/s1. The van der Waals surface area contributed by atoms with Gasteiger partial charge in [0, 0.05) is 7.11 Å². The van der Waals surface area contributed by atoms with E-state index in [2.05, 4.69) is 15.3 Å². The average Bonchev–Trinajstić information content (AvgIpc) is 2.88. The summed E-state index contributed by atoms with van der Waals surface area (Å²) < 4.78 is 10.4. The molecule has 0 aliphatic heterocycles. The molecule has 2 N–H and O–H groups in total. The summed E-state index contributed by atoms with van der Waals surface area (Å²) in [5, 5.41) is 12.5. The second kappa shape index (κ2) is 7.75. The van der Waals surface area contributed by atoms with E-state index in [0.717, 1.165) is 0 Å². The summed E-state index contributed by atoms with van der Waals surface area (Å²) in [6, 6.07) is -0.964. The number of carbonyl (C=O) groups is 2. The van der Waals surface area contributed by atoms with Crippen LogP contribution in [-0.4, -0.2) is 47.2 Å². The van der Waals surface area contributed by atoms with E-state index in [1.54, 1.807) is 20.8 Å². The number of aryl methyl sites for hydroxylation is 1. The number of ether oxygens (including phenoxy) is 2. The third-order valence-electron chi connectivity index (χ3n) is 3.70. The number of hydrogen-bond acceptors (Lipinski definition) is 7. The lowest BCUT2D eigenvalue weighted by molar-refractivity contribution is -0.140. The van der Waals surface area contributed by atoms with Crippen molar-refractivity contribution in [2.45, 2.75) is 33.4 Å². The monoisotopic (exact) mass is 367 g/mol. The Morgan fingerprint density at radius 2 is 1.96 bits per heavy atom. The molecule has 0 unspecified atom stereocenters. The van der Waals surface area contributed by atoms with E-state index in [-0.39, 0.29) is 12.5 Å². The molecule has 1 amide bonds. The predicted octanol–water partition coefficient (Wildman–Crippen LogP) is 1.99. The van der Waals surface area contributed by atoms with Crippen LogP contribution in [0.15, 0.2) is 0 Å². The summed E-state index contributed by atoms with van der Waals surface area (Å²) >= 11 is 1.18. The van der Waals surface area contributed by atoms with Crippen LogP contribution in [0.4, 0.5) is 0 Å². The van der Waals surface area contributed by atoms with Crippen LogP contribution in [0.3, 0.4) is 0 Å². The molecule has 25 heavy (non-hydrogen) atoms. The van der Waals surface area contributed by atoms with Gasteiger partial charge >= 0.3 is 5.97 Å². The molecule has 0 spiro atoms. The van der Waals surface area contributed by atoms with E-state index in [1.165, 1.54) is 25.6 Å². The van der Waals surface area contributed by atoms with E-state index in [0.29, 0.717) is 32.4 Å². The Morgan fingerprint density at radius 1 is 1.28 bits per heavy atom. The number of amides is 1. The number of thiophene rings is 1. The summed E-state index contributed by atoms with van der Waals surface area (Å²) in [6.07, 6.45) is 0. The zero-order chi connectivity index (χ0) is 18.7. The molecule has 2 aromatic rings. The summed E-state index contributed by atoms with van der Waals surface area (Å²) in [4.78, 5) is 33.6. The number of carboxylic acids is 1. The second-order valence-corrected chi connectivity index (χ2v) is 6.85. The Kier molecular flexibility index (Phi) is 5.91. The number of hydrogen-bond donors (Lipinski definition) is 2. The van der Waals surface area contributed by atoms with Crippen molar-refractivity contribution in [2.75, 3.05) is 14.2 Å². The Morgan fingerprint density at radius 3 is 2.48 bits per heavy atom. The first-order chi connectivity index (χ1) is 11.8. The van der Waals surface area contributed by atoms with Crippen molar-refractivity contribution in [3.8, 4) is 5.88 Å². The first-order valence-corrected chi connectivity index (χ1v) is 8.48. The number of carboxylic acid groups (broad SMARTS) is 1. The van der Waals surface area contributed by atoms with Crippen LogP contribution in [0.5, 0.6) is 5.88 Å². The molecule has 0 aromatic carbocycles. The zero-order valence-electron chi connectivity index (χ0n) is 14.7. The van der Waals surface area contributed by atoms with Gasteiger partial charge in [0.15, 0.2) is 5.82 Å². The Labute approximate surface area is 149 Å². The smallest absolute Gasteiger partial charge is 0.326 e. The van der Waals surface area contributed by atoms with Crippen LogP contribution in [-0.2, 0) is 16.1 Å². The van der Waals surface area contributed by atoms with E-state index in [1.807, 2.05) is 0 Å². The fourth-order valence-electron chi connectivity index (χ4n) is 2.42. The van der Waals surface area contributed by atoms with Crippen molar-refractivity contribution in [1.29, 1.82) is 0 Å². The maximum Gasteiger partial charge on any atom is 0.326 e. The van der Waals surface area contributed by atoms with Crippen molar-refractivity contribution in [1.82, 2.24) is 15.3 Å². The maximum absolute atomic E-state index is 12.6. The van der Waals surface area contributed by atoms with E-state index >= 15 is 0 Å².